The number of rotatable bonds is 4. The predicted molar refractivity (Wildman–Crippen MR) is 125 cm³/mol. The van der Waals surface area contributed by atoms with Crippen LogP contribution >= 0.6 is 0 Å². The lowest BCUT2D eigenvalue weighted by Crippen LogP contribution is -2.49. The Kier molecular flexibility index (Phi) is 4.83. The number of ketones is 1. The number of nitrogens with zero attached hydrogens (tertiary/aromatic N) is 3. The first-order valence-corrected chi connectivity index (χ1v) is 10.8. The van der Waals surface area contributed by atoms with E-state index in [4.69, 9.17) is 5.73 Å². The number of hydrogen-bond donors (Lipinski definition) is 1. The van der Waals surface area contributed by atoms with Crippen LogP contribution in [0.15, 0.2) is 79.1 Å². The van der Waals surface area contributed by atoms with Gasteiger partial charge in [0.05, 0.1) is 12.1 Å². The molecule has 4 atom stereocenters. The van der Waals surface area contributed by atoms with E-state index in [1.54, 1.807) is 36.7 Å². The van der Waals surface area contributed by atoms with Crippen molar-refractivity contribution in [3.8, 4) is 6.07 Å². The van der Waals surface area contributed by atoms with Crippen molar-refractivity contribution in [1.29, 1.82) is 5.26 Å². The number of primary amides is 1. The van der Waals surface area contributed by atoms with Crippen LogP contribution in [0.5, 0.6) is 0 Å². The SMILES string of the molecule is Cc1ccc(C(=O)C2C(c3cccnc3)C(C#N)(C(N)=O)C3C=Cc4ccccc4N23)cc1. The molecule has 3 heterocycles. The van der Waals surface area contributed by atoms with Crippen molar-refractivity contribution in [2.24, 2.45) is 11.1 Å². The highest BCUT2D eigenvalue weighted by Gasteiger charge is 2.65. The molecular formula is C27H22N4O2. The molecule has 1 saturated heterocycles. The van der Waals surface area contributed by atoms with Gasteiger partial charge in [-0.25, -0.2) is 0 Å². The second-order valence-electron chi connectivity index (χ2n) is 8.55. The molecule has 0 radical (unpaired) electrons. The lowest BCUT2D eigenvalue weighted by Gasteiger charge is -2.36. The second kappa shape index (κ2) is 7.72. The minimum Gasteiger partial charge on any atom is -0.368 e. The van der Waals surface area contributed by atoms with Crippen LogP contribution in [0.2, 0.25) is 0 Å². The summed E-state index contributed by atoms with van der Waals surface area (Å²) < 4.78 is 0. The molecular weight excluding hydrogens is 412 g/mol. The first kappa shape index (κ1) is 20.7. The van der Waals surface area contributed by atoms with Crippen molar-refractivity contribution < 1.29 is 9.59 Å². The van der Waals surface area contributed by atoms with Crippen LogP contribution in [0.25, 0.3) is 6.08 Å². The molecule has 3 aromatic rings. The highest BCUT2D eigenvalue weighted by Crippen LogP contribution is 2.55. The largest absolute Gasteiger partial charge is 0.368 e. The Balaban J connectivity index is 1.80. The Morgan fingerprint density at radius 3 is 2.52 bits per heavy atom. The summed E-state index contributed by atoms with van der Waals surface area (Å²) in [7, 11) is 0. The number of nitrogens with two attached hydrogens (primary N) is 1. The molecule has 0 aliphatic carbocycles. The van der Waals surface area contributed by atoms with E-state index in [2.05, 4.69) is 11.1 Å². The third-order valence-corrected chi connectivity index (χ3v) is 6.79. The molecule has 6 heteroatoms. The summed E-state index contributed by atoms with van der Waals surface area (Å²) in [5.74, 6) is -1.72. The van der Waals surface area contributed by atoms with Crippen LogP contribution in [0.4, 0.5) is 5.69 Å². The molecule has 6 nitrogen and oxygen atoms in total. The van der Waals surface area contributed by atoms with Crippen molar-refractivity contribution in [3.05, 3.63) is 101 Å². The average molecular weight is 434 g/mol. The van der Waals surface area contributed by atoms with Crippen molar-refractivity contribution in [3.63, 3.8) is 0 Å². The Labute approximate surface area is 192 Å². The topological polar surface area (TPSA) is 100 Å². The Morgan fingerprint density at radius 1 is 1.09 bits per heavy atom. The first-order valence-electron chi connectivity index (χ1n) is 10.8. The maximum atomic E-state index is 14.1. The fraction of sp³-hybridized carbons (Fsp3) is 0.185. The zero-order valence-corrected chi connectivity index (χ0v) is 18.1. The van der Waals surface area contributed by atoms with Gasteiger partial charge < -0.3 is 10.6 Å². The number of aryl methyl sites for hydroxylation is 1. The Morgan fingerprint density at radius 2 is 1.85 bits per heavy atom. The summed E-state index contributed by atoms with van der Waals surface area (Å²) in [6.07, 6.45) is 6.95. The molecule has 33 heavy (non-hydrogen) atoms. The zero-order valence-electron chi connectivity index (χ0n) is 18.1. The number of anilines is 1. The van der Waals surface area contributed by atoms with Gasteiger partial charge in [-0.2, -0.15) is 5.26 Å². The normalized spacial score (nSPS) is 25.1. The predicted octanol–water partition coefficient (Wildman–Crippen LogP) is 3.64. The molecule has 162 valence electrons. The lowest BCUT2D eigenvalue weighted by molar-refractivity contribution is -0.125. The number of benzene rings is 2. The summed E-state index contributed by atoms with van der Waals surface area (Å²) in [6, 6.07) is 19.3. The number of hydrogen-bond acceptors (Lipinski definition) is 5. The van der Waals surface area contributed by atoms with Crippen molar-refractivity contribution in [1.82, 2.24) is 4.98 Å². The number of para-hydroxylation sites is 1. The summed E-state index contributed by atoms with van der Waals surface area (Å²) in [5.41, 5.74) is 8.20. The van der Waals surface area contributed by atoms with Gasteiger partial charge in [-0.15, -0.1) is 0 Å². The molecule has 1 amide bonds. The lowest BCUT2D eigenvalue weighted by atomic mass is 9.68. The summed E-state index contributed by atoms with van der Waals surface area (Å²) in [6.45, 7) is 1.96. The quantitative estimate of drug-likeness (QED) is 0.632. The third kappa shape index (κ3) is 2.97. The maximum absolute atomic E-state index is 14.1. The van der Waals surface area contributed by atoms with Gasteiger partial charge in [-0.05, 0) is 30.2 Å². The molecule has 0 spiro atoms. The van der Waals surface area contributed by atoms with Gasteiger partial charge in [-0.3, -0.25) is 14.6 Å². The smallest absolute Gasteiger partial charge is 0.241 e. The first-order chi connectivity index (χ1) is 16.0. The Hall–Kier alpha value is -4.24. The molecule has 2 aromatic carbocycles. The maximum Gasteiger partial charge on any atom is 0.241 e. The number of pyridine rings is 1. The van der Waals surface area contributed by atoms with Crippen LogP contribution < -0.4 is 10.6 Å². The van der Waals surface area contributed by atoms with Gasteiger partial charge in [0.1, 0.15) is 6.04 Å². The minimum absolute atomic E-state index is 0.169. The van der Waals surface area contributed by atoms with Crippen LogP contribution in [-0.2, 0) is 4.79 Å². The van der Waals surface area contributed by atoms with Gasteiger partial charge in [0.2, 0.25) is 5.91 Å². The molecule has 4 unspecified atom stereocenters. The molecule has 2 aliphatic heterocycles. The highest BCUT2D eigenvalue weighted by atomic mass is 16.1. The van der Waals surface area contributed by atoms with E-state index in [-0.39, 0.29) is 5.78 Å². The fourth-order valence-corrected chi connectivity index (χ4v) is 5.25. The average Bonchev–Trinajstić information content (AvgIpc) is 3.16. The third-order valence-electron chi connectivity index (χ3n) is 6.79. The molecule has 5 rings (SSSR count). The van der Waals surface area contributed by atoms with E-state index >= 15 is 0 Å². The molecule has 2 aliphatic rings. The molecule has 1 fully saturated rings. The highest BCUT2D eigenvalue weighted by molar-refractivity contribution is 6.06. The van der Waals surface area contributed by atoms with Gasteiger partial charge >= 0.3 is 0 Å². The number of carbonyl (C=O) groups is 2. The van der Waals surface area contributed by atoms with Gasteiger partial charge in [0.15, 0.2) is 11.2 Å². The monoisotopic (exact) mass is 434 g/mol. The number of carbonyl (C=O) groups excluding carboxylic acids is 2. The van der Waals surface area contributed by atoms with Crippen molar-refractivity contribution in [2.45, 2.75) is 24.9 Å². The van der Waals surface area contributed by atoms with Gasteiger partial charge in [0.25, 0.3) is 0 Å². The van der Waals surface area contributed by atoms with Crippen molar-refractivity contribution in [2.75, 3.05) is 4.90 Å². The number of nitriles is 1. The van der Waals surface area contributed by atoms with E-state index in [1.165, 1.54) is 0 Å². The van der Waals surface area contributed by atoms with Crippen LogP contribution in [-0.4, -0.2) is 28.8 Å². The summed E-state index contributed by atoms with van der Waals surface area (Å²) in [4.78, 5) is 33.3. The van der Waals surface area contributed by atoms with E-state index in [1.807, 2.05) is 60.4 Å². The standard InChI is InChI=1S/C27H22N4O2/c1-17-8-10-19(11-9-17)25(32)24-23(20-6-4-14-30-15-20)27(16-28,26(29)33)22-13-12-18-5-2-3-7-21(18)31(22)24/h2-15,22-24H,1H3,(H2,29,33). The number of fused-ring (bicyclic) bond motifs is 3. The van der Waals surface area contributed by atoms with E-state index in [0.717, 1.165) is 16.8 Å². The van der Waals surface area contributed by atoms with Crippen LogP contribution in [0.3, 0.4) is 0 Å². The number of Topliss-reactive ketones (excluding diaryl/α,β-unsaturated/α-hetero) is 1. The number of amides is 1. The van der Waals surface area contributed by atoms with Gasteiger partial charge in [-0.1, -0.05) is 66.2 Å². The van der Waals surface area contributed by atoms with E-state index < -0.39 is 29.3 Å². The van der Waals surface area contributed by atoms with E-state index in [9.17, 15) is 14.9 Å². The fourth-order valence-electron chi connectivity index (χ4n) is 5.25. The number of aromatic nitrogens is 1. The van der Waals surface area contributed by atoms with Crippen LogP contribution in [0.1, 0.15) is 33.0 Å². The Bertz CT molecular complexity index is 1310. The summed E-state index contributed by atoms with van der Waals surface area (Å²) >= 11 is 0. The molecule has 0 saturated carbocycles. The van der Waals surface area contributed by atoms with Gasteiger partial charge in [0, 0.05) is 29.6 Å². The summed E-state index contributed by atoms with van der Waals surface area (Å²) in [5, 5.41) is 10.5. The molecule has 1 aromatic heterocycles. The van der Waals surface area contributed by atoms with E-state index in [0.29, 0.717) is 11.1 Å². The van der Waals surface area contributed by atoms with Crippen molar-refractivity contribution >= 4 is 23.5 Å². The zero-order chi connectivity index (χ0) is 23.2. The van der Waals surface area contributed by atoms with Crippen LogP contribution in [0, 0.1) is 23.7 Å². The molecule has 2 N–H and O–H groups in total. The molecule has 0 bridgehead atoms. The minimum atomic E-state index is -1.65. The second-order valence-corrected chi connectivity index (χ2v) is 8.55.